The number of carboxylic acid groups (broad SMARTS) is 4. The van der Waals surface area contributed by atoms with E-state index in [0.717, 1.165) is 0 Å². The standard InChI is InChI=1S/2C14H8O4/c1-2-8-5-11(14(17)18)6-9-3-4-10(13(15)16)7-12(8)9;1-2-8-3-4-9-7-10(13(15)16)5-6-11(9)12(8)14(17)18/h2*1,3-7H,(H,15,16)(H,17,18). The van der Waals surface area contributed by atoms with E-state index in [0.29, 0.717) is 27.1 Å². The first-order valence-electron chi connectivity index (χ1n) is 10.1. The molecule has 0 aliphatic heterocycles. The van der Waals surface area contributed by atoms with E-state index in [4.69, 9.17) is 33.3 Å². The number of fused-ring (bicyclic) bond motifs is 2. The first kappa shape index (κ1) is 25.0. The van der Waals surface area contributed by atoms with E-state index in [1.54, 1.807) is 12.1 Å². The summed E-state index contributed by atoms with van der Waals surface area (Å²) in [6.07, 6.45) is 10.6. The van der Waals surface area contributed by atoms with Crippen molar-refractivity contribution >= 4 is 45.4 Å². The predicted molar refractivity (Wildman–Crippen MR) is 132 cm³/mol. The Balaban J connectivity index is 0.000000201. The molecule has 0 aliphatic carbocycles. The molecule has 0 saturated heterocycles. The van der Waals surface area contributed by atoms with E-state index in [9.17, 15) is 19.2 Å². The molecule has 0 unspecified atom stereocenters. The summed E-state index contributed by atoms with van der Waals surface area (Å²) in [5, 5.41) is 38.0. The SMILES string of the molecule is C#Cc1cc(C(=O)O)cc2ccc(C(=O)O)cc12.C#Cc1ccc2cc(C(=O)O)ccc2c1C(=O)O. The van der Waals surface area contributed by atoms with Gasteiger partial charge < -0.3 is 20.4 Å². The Morgan fingerprint density at radius 1 is 0.528 bits per heavy atom. The monoisotopic (exact) mass is 480 g/mol. The van der Waals surface area contributed by atoms with E-state index in [-0.39, 0.29) is 27.8 Å². The second-order valence-electron chi connectivity index (χ2n) is 7.39. The van der Waals surface area contributed by atoms with Gasteiger partial charge in [0.25, 0.3) is 0 Å². The van der Waals surface area contributed by atoms with Crippen molar-refractivity contribution in [1.82, 2.24) is 0 Å². The maximum absolute atomic E-state index is 11.2. The van der Waals surface area contributed by atoms with Gasteiger partial charge in [-0.2, -0.15) is 0 Å². The van der Waals surface area contributed by atoms with Crippen LogP contribution in [0.25, 0.3) is 21.5 Å². The lowest BCUT2D eigenvalue weighted by molar-refractivity contribution is 0.0686. The summed E-state index contributed by atoms with van der Waals surface area (Å²) in [7, 11) is 0. The molecule has 36 heavy (non-hydrogen) atoms. The minimum absolute atomic E-state index is 0.0203. The Hall–Kier alpha value is -5.60. The van der Waals surface area contributed by atoms with Crippen molar-refractivity contribution in [2.45, 2.75) is 0 Å². The Morgan fingerprint density at radius 3 is 1.58 bits per heavy atom. The smallest absolute Gasteiger partial charge is 0.337 e. The van der Waals surface area contributed by atoms with Gasteiger partial charge in [-0.1, -0.05) is 30.0 Å². The molecular formula is C28H16O8. The average molecular weight is 480 g/mol. The fourth-order valence-corrected chi connectivity index (χ4v) is 3.55. The lowest BCUT2D eigenvalue weighted by atomic mass is 9.98. The van der Waals surface area contributed by atoms with Gasteiger partial charge in [0.15, 0.2) is 0 Å². The van der Waals surface area contributed by atoms with Crippen LogP contribution in [0.1, 0.15) is 52.6 Å². The maximum atomic E-state index is 11.2. The molecule has 8 nitrogen and oxygen atoms in total. The molecule has 4 aromatic carbocycles. The molecule has 0 aromatic heterocycles. The molecule has 0 aliphatic rings. The largest absolute Gasteiger partial charge is 0.478 e. The number of terminal acetylenes is 2. The molecule has 0 atom stereocenters. The highest BCUT2D eigenvalue weighted by molar-refractivity contribution is 6.07. The lowest BCUT2D eigenvalue weighted by Gasteiger charge is -2.06. The predicted octanol–water partition coefficient (Wildman–Crippen LogP) is 4.44. The molecule has 0 fully saturated rings. The fraction of sp³-hybridized carbons (Fsp3) is 0. The van der Waals surface area contributed by atoms with Gasteiger partial charge in [-0.15, -0.1) is 12.8 Å². The zero-order valence-electron chi connectivity index (χ0n) is 18.4. The summed E-state index contributed by atoms with van der Waals surface area (Å²) in [5.74, 6) is 0.369. The second kappa shape index (κ2) is 10.1. The summed E-state index contributed by atoms with van der Waals surface area (Å²) in [6.45, 7) is 0. The number of hydrogen-bond donors (Lipinski definition) is 4. The van der Waals surface area contributed by atoms with E-state index in [1.165, 1.54) is 48.5 Å². The van der Waals surface area contributed by atoms with Crippen molar-refractivity contribution in [3.8, 4) is 24.7 Å². The summed E-state index contributed by atoms with van der Waals surface area (Å²) < 4.78 is 0. The van der Waals surface area contributed by atoms with Crippen LogP contribution in [0.15, 0.2) is 60.7 Å². The first-order chi connectivity index (χ1) is 17.1. The van der Waals surface area contributed by atoms with E-state index in [2.05, 4.69) is 11.8 Å². The molecule has 0 saturated carbocycles. The second-order valence-corrected chi connectivity index (χ2v) is 7.39. The molecule has 176 valence electrons. The van der Waals surface area contributed by atoms with Crippen LogP contribution in [0.4, 0.5) is 0 Å². The Bertz CT molecular complexity index is 1670. The van der Waals surface area contributed by atoms with Gasteiger partial charge in [0, 0.05) is 11.1 Å². The van der Waals surface area contributed by atoms with Crippen LogP contribution in [0.3, 0.4) is 0 Å². The van der Waals surface area contributed by atoms with Crippen molar-refractivity contribution in [1.29, 1.82) is 0 Å². The minimum atomic E-state index is -1.13. The van der Waals surface area contributed by atoms with Gasteiger partial charge in [0.1, 0.15) is 0 Å². The van der Waals surface area contributed by atoms with Gasteiger partial charge >= 0.3 is 23.9 Å². The van der Waals surface area contributed by atoms with Crippen LogP contribution in [0.5, 0.6) is 0 Å². The highest BCUT2D eigenvalue weighted by Crippen LogP contribution is 2.24. The number of aromatic carboxylic acids is 4. The molecule has 4 aromatic rings. The Kier molecular flexibility index (Phi) is 7.04. The molecule has 4 N–H and O–H groups in total. The maximum Gasteiger partial charge on any atom is 0.337 e. The topological polar surface area (TPSA) is 149 Å². The van der Waals surface area contributed by atoms with Crippen LogP contribution >= 0.6 is 0 Å². The fourth-order valence-electron chi connectivity index (χ4n) is 3.55. The molecular weight excluding hydrogens is 464 g/mol. The van der Waals surface area contributed by atoms with Gasteiger partial charge in [0.05, 0.1) is 22.3 Å². The molecule has 4 rings (SSSR count). The number of benzene rings is 4. The molecule has 8 heteroatoms. The van der Waals surface area contributed by atoms with E-state index < -0.39 is 23.9 Å². The van der Waals surface area contributed by atoms with Gasteiger partial charge in [-0.25, -0.2) is 19.2 Å². The van der Waals surface area contributed by atoms with Crippen molar-refractivity contribution in [3.63, 3.8) is 0 Å². The number of hydrogen-bond acceptors (Lipinski definition) is 4. The zero-order valence-corrected chi connectivity index (χ0v) is 18.4. The van der Waals surface area contributed by atoms with Crippen LogP contribution < -0.4 is 0 Å². The first-order valence-corrected chi connectivity index (χ1v) is 10.1. The van der Waals surface area contributed by atoms with E-state index >= 15 is 0 Å². The molecule has 0 amide bonds. The quantitative estimate of drug-likeness (QED) is 0.313. The van der Waals surface area contributed by atoms with Crippen molar-refractivity contribution in [2.24, 2.45) is 0 Å². The normalized spacial score (nSPS) is 9.94. The van der Waals surface area contributed by atoms with E-state index in [1.807, 2.05) is 0 Å². The molecule has 0 spiro atoms. The Morgan fingerprint density at radius 2 is 1.03 bits per heavy atom. The van der Waals surface area contributed by atoms with Crippen molar-refractivity contribution < 1.29 is 39.6 Å². The number of carbonyl (C=O) groups is 4. The van der Waals surface area contributed by atoms with Crippen molar-refractivity contribution in [2.75, 3.05) is 0 Å². The third kappa shape index (κ3) is 4.98. The summed E-state index contributed by atoms with van der Waals surface area (Å²) in [4.78, 5) is 43.8. The van der Waals surface area contributed by atoms with Crippen LogP contribution in [0, 0.1) is 24.7 Å². The highest BCUT2D eigenvalue weighted by atomic mass is 16.4. The lowest BCUT2D eigenvalue weighted by Crippen LogP contribution is -2.02. The third-order valence-electron chi connectivity index (χ3n) is 5.24. The van der Waals surface area contributed by atoms with Crippen LogP contribution in [-0.2, 0) is 0 Å². The van der Waals surface area contributed by atoms with Crippen LogP contribution in [0.2, 0.25) is 0 Å². The molecule has 0 heterocycles. The zero-order chi connectivity index (χ0) is 26.6. The molecule has 0 radical (unpaired) electrons. The third-order valence-corrected chi connectivity index (χ3v) is 5.24. The minimum Gasteiger partial charge on any atom is -0.478 e. The summed E-state index contributed by atoms with van der Waals surface area (Å²) in [6, 6.07) is 14.6. The average Bonchev–Trinajstić information content (AvgIpc) is 2.86. The van der Waals surface area contributed by atoms with Gasteiger partial charge in [-0.3, -0.25) is 0 Å². The number of rotatable bonds is 4. The number of carboxylic acids is 4. The van der Waals surface area contributed by atoms with Gasteiger partial charge in [-0.05, 0) is 64.0 Å². The highest BCUT2D eigenvalue weighted by Gasteiger charge is 2.15. The Labute approximate surface area is 204 Å². The van der Waals surface area contributed by atoms with Gasteiger partial charge in [0.2, 0.25) is 0 Å². The van der Waals surface area contributed by atoms with Crippen molar-refractivity contribution in [3.05, 3.63) is 94.0 Å². The summed E-state index contributed by atoms with van der Waals surface area (Å²) >= 11 is 0. The summed E-state index contributed by atoms with van der Waals surface area (Å²) in [5.41, 5.74) is 0.964. The molecule has 0 bridgehead atoms. The van der Waals surface area contributed by atoms with Crippen LogP contribution in [-0.4, -0.2) is 44.3 Å².